The number of nitrogens with zero attached hydrogens (tertiary/aromatic N) is 1. The van der Waals surface area contributed by atoms with Crippen molar-refractivity contribution in [3.8, 4) is 0 Å². The smallest absolute Gasteiger partial charge is 0.378 e. The Bertz CT molecular complexity index is 159. The minimum atomic E-state index is -0.304. The molecule has 0 bridgehead atoms. The molecule has 70 valence electrons. The fourth-order valence-electron chi connectivity index (χ4n) is 0.779. The largest absolute Gasteiger partial charge is 0.423 e. The summed E-state index contributed by atoms with van der Waals surface area (Å²) < 4.78 is 4.57. The Morgan fingerprint density at radius 2 is 2.33 bits per heavy atom. The summed E-state index contributed by atoms with van der Waals surface area (Å²) in [6, 6.07) is 0. The highest BCUT2D eigenvalue weighted by Crippen LogP contribution is 2.02. The van der Waals surface area contributed by atoms with Gasteiger partial charge in [0.1, 0.15) is 0 Å². The summed E-state index contributed by atoms with van der Waals surface area (Å²) in [5.74, 6) is 0. The van der Waals surface area contributed by atoms with Crippen molar-refractivity contribution in [2.24, 2.45) is 0 Å². The summed E-state index contributed by atoms with van der Waals surface area (Å²) in [6.07, 6.45) is 5.32. The van der Waals surface area contributed by atoms with E-state index in [9.17, 15) is 4.79 Å². The number of hydrogen-bond acceptors (Lipinski definition) is 2. The Hall–Kier alpha value is -0.260. The number of allylic oxidation sites excluding steroid dienone is 1. The highest BCUT2D eigenvalue weighted by Gasteiger charge is 2.09. The Kier molecular flexibility index (Phi) is 7.23. The second-order valence-electron chi connectivity index (χ2n) is 2.37. The molecule has 0 aromatic carbocycles. The number of unbranched alkanes of at least 4 members (excludes halogenated alkanes) is 1. The molecule has 3 nitrogen and oxygen atoms in total. The maximum absolute atomic E-state index is 11.1. The van der Waals surface area contributed by atoms with E-state index < -0.39 is 0 Å². The van der Waals surface area contributed by atoms with E-state index in [-0.39, 0.29) is 6.09 Å². The summed E-state index contributed by atoms with van der Waals surface area (Å²) >= 11 is 1.60. The van der Waals surface area contributed by atoms with Gasteiger partial charge in [-0.2, -0.15) is 0 Å². The molecule has 1 amide bonds. The maximum Gasteiger partial charge on any atom is 0.423 e. The predicted octanol–water partition coefficient (Wildman–Crippen LogP) is 3.11. The van der Waals surface area contributed by atoms with Crippen LogP contribution in [0, 0.1) is 0 Å². The molecule has 0 aliphatic rings. The zero-order valence-corrected chi connectivity index (χ0v) is 9.58. The van der Waals surface area contributed by atoms with Crippen LogP contribution in [0.25, 0.3) is 0 Å². The number of rotatable bonds is 4. The standard InChI is InChI=1S/C8H14INO2/c1-3-5-7-10(6-4-2)8(11)12-9/h4,6H,3,5,7H2,1-2H3. The third kappa shape index (κ3) is 4.58. The van der Waals surface area contributed by atoms with Crippen molar-refractivity contribution in [2.75, 3.05) is 6.54 Å². The van der Waals surface area contributed by atoms with Gasteiger partial charge in [-0.05, 0) is 13.3 Å². The van der Waals surface area contributed by atoms with Gasteiger partial charge in [0.05, 0.1) is 0 Å². The molecule has 0 aromatic heterocycles. The van der Waals surface area contributed by atoms with E-state index in [1.807, 2.05) is 13.0 Å². The van der Waals surface area contributed by atoms with Gasteiger partial charge in [-0.25, -0.2) is 4.79 Å². The molecule has 0 rings (SSSR count). The molecule has 0 atom stereocenters. The van der Waals surface area contributed by atoms with Gasteiger partial charge >= 0.3 is 6.09 Å². The van der Waals surface area contributed by atoms with Crippen molar-refractivity contribution in [3.63, 3.8) is 0 Å². The topological polar surface area (TPSA) is 29.5 Å². The van der Waals surface area contributed by atoms with E-state index in [1.165, 1.54) is 0 Å². The Labute approximate surface area is 87.5 Å². The highest BCUT2D eigenvalue weighted by atomic mass is 127. The third-order valence-electron chi connectivity index (χ3n) is 1.38. The second kappa shape index (κ2) is 7.39. The van der Waals surface area contributed by atoms with Gasteiger partial charge < -0.3 is 3.07 Å². The van der Waals surface area contributed by atoms with E-state index in [2.05, 4.69) is 9.99 Å². The van der Waals surface area contributed by atoms with Gasteiger partial charge in [-0.3, -0.25) is 4.90 Å². The first-order chi connectivity index (χ1) is 5.76. The zero-order chi connectivity index (χ0) is 9.40. The highest BCUT2D eigenvalue weighted by molar-refractivity contribution is 14.1. The summed E-state index contributed by atoms with van der Waals surface area (Å²) in [5, 5.41) is 0. The fourth-order valence-corrected chi connectivity index (χ4v) is 1.03. The van der Waals surface area contributed by atoms with Crippen molar-refractivity contribution in [1.82, 2.24) is 4.90 Å². The monoisotopic (exact) mass is 283 g/mol. The molecule has 0 aliphatic heterocycles. The van der Waals surface area contributed by atoms with Crippen molar-refractivity contribution in [1.29, 1.82) is 0 Å². The van der Waals surface area contributed by atoms with E-state index >= 15 is 0 Å². The Morgan fingerprint density at radius 1 is 1.67 bits per heavy atom. The summed E-state index contributed by atoms with van der Waals surface area (Å²) in [7, 11) is 0. The molecular weight excluding hydrogens is 269 g/mol. The van der Waals surface area contributed by atoms with Gasteiger partial charge in [0.25, 0.3) is 0 Å². The minimum absolute atomic E-state index is 0.304. The molecule has 0 radical (unpaired) electrons. The molecule has 12 heavy (non-hydrogen) atoms. The first-order valence-corrected chi connectivity index (χ1v) is 4.86. The molecule has 0 aliphatic carbocycles. The molecule has 0 unspecified atom stereocenters. The van der Waals surface area contributed by atoms with Gasteiger partial charge in [0, 0.05) is 12.7 Å². The normalized spacial score (nSPS) is 10.2. The molecule has 0 heterocycles. The molecule has 0 aromatic rings. The van der Waals surface area contributed by atoms with Crippen LogP contribution in [-0.2, 0) is 3.07 Å². The van der Waals surface area contributed by atoms with Crippen LogP contribution in [0.5, 0.6) is 0 Å². The Morgan fingerprint density at radius 3 is 2.75 bits per heavy atom. The van der Waals surface area contributed by atoms with Gasteiger partial charge in [-0.15, -0.1) is 0 Å². The molecular formula is C8H14INO2. The van der Waals surface area contributed by atoms with Crippen LogP contribution >= 0.6 is 23.0 Å². The van der Waals surface area contributed by atoms with Crippen molar-refractivity contribution < 1.29 is 7.86 Å². The number of hydrogen-bond donors (Lipinski definition) is 0. The quantitative estimate of drug-likeness (QED) is 0.742. The number of carbonyl (C=O) groups is 1. The van der Waals surface area contributed by atoms with Crippen LogP contribution < -0.4 is 0 Å². The van der Waals surface area contributed by atoms with Crippen LogP contribution in [0.3, 0.4) is 0 Å². The molecule has 0 saturated heterocycles. The molecule has 4 heteroatoms. The lowest BCUT2D eigenvalue weighted by molar-refractivity contribution is 0.184. The van der Waals surface area contributed by atoms with Gasteiger partial charge in [-0.1, -0.05) is 19.4 Å². The molecule has 0 saturated carbocycles. The average Bonchev–Trinajstić information content (AvgIpc) is 2.11. The summed E-state index contributed by atoms with van der Waals surface area (Å²) in [4.78, 5) is 12.6. The lowest BCUT2D eigenvalue weighted by Gasteiger charge is -2.14. The van der Waals surface area contributed by atoms with E-state index in [0.29, 0.717) is 0 Å². The van der Waals surface area contributed by atoms with Crippen LogP contribution in [-0.4, -0.2) is 17.5 Å². The summed E-state index contributed by atoms with van der Waals surface area (Å²) in [5.41, 5.74) is 0. The number of halogens is 1. The SMILES string of the molecule is CC=CN(CCCC)C(=O)OI. The molecule has 0 fully saturated rings. The third-order valence-corrected chi connectivity index (χ3v) is 1.76. The van der Waals surface area contributed by atoms with Gasteiger partial charge in [0.2, 0.25) is 0 Å². The first kappa shape index (κ1) is 11.7. The van der Waals surface area contributed by atoms with Crippen molar-refractivity contribution >= 4 is 29.1 Å². The molecule has 0 N–H and O–H groups in total. The van der Waals surface area contributed by atoms with E-state index in [4.69, 9.17) is 0 Å². The maximum atomic E-state index is 11.1. The lowest BCUT2D eigenvalue weighted by Crippen LogP contribution is -2.25. The van der Waals surface area contributed by atoms with Crippen LogP contribution in [0.15, 0.2) is 12.3 Å². The van der Waals surface area contributed by atoms with E-state index in [1.54, 1.807) is 34.1 Å². The zero-order valence-electron chi connectivity index (χ0n) is 7.42. The summed E-state index contributed by atoms with van der Waals surface area (Å²) in [6.45, 7) is 4.69. The van der Waals surface area contributed by atoms with Crippen molar-refractivity contribution in [2.45, 2.75) is 26.7 Å². The van der Waals surface area contributed by atoms with Crippen LogP contribution in [0.4, 0.5) is 4.79 Å². The van der Waals surface area contributed by atoms with E-state index in [0.717, 1.165) is 19.4 Å². The first-order valence-electron chi connectivity index (χ1n) is 3.98. The predicted molar refractivity (Wildman–Crippen MR) is 56.9 cm³/mol. The number of carbonyl (C=O) groups excluding carboxylic acids is 1. The average molecular weight is 283 g/mol. The lowest BCUT2D eigenvalue weighted by atomic mass is 10.3. The fraction of sp³-hybridized carbons (Fsp3) is 0.625. The van der Waals surface area contributed by atoms with Gasteiger partial charge in [0.15, 0.2) is 23.0 Å². The van der Waals surface area contributed by atoms with Crippen LogP contribution in [0.2, 0.25) is 0 Å². The molecule has 0 spiro atoms. The second-order valence-corrected chi connectivity index (χ2v) is 2.81. The van der Waals surface area contributed by atoms with Crippen LogP contribution in [0.1, 0.15) is 26.7 Å². The number of amides is 1. The Balaban J connectivity index is 3.94. The van der Waals surface area contributed by atoms with Crippen molar-refractivity contribution in [3.05, 3.63) is 12.3 Å². The minimum Gasteiger partial charge on any atom is -0.378 e.